The molecule has 2 atom stereocenters. The molecule has 0 radical (unpaired) electrons. The highest BCUT2D eigenvalue weighted by molar-refractivity contribution is 7.92. The van der Waals surface area contributed by atoms with Crippen LogP contribution in [0.25, 0.3) is 0 Å². The van der Waals surface area contributed by atoms with Crippen molar-refractivity contribution in [1.82, 2.24) is 5.32 Å². The van der Waals surface area contributed by atoms with E-state index in [2.05, 4.69) is 10.6 Å². The van der Waals surface area contributed by atoms with Crippen molar-refractivity contribution in [2.75, 3.05) is 18.1 Å². The zero-order valence-electron chi connectivity index (χ0n) is 12.1. The lowest BCUT2D eigenvalue weighted by Gasteiger charge is -2.30. The lowest BCUT2D eigenvalue weighted by atomic mass is 9.97. The van der Waals surface area contributed by atoms with Gasteiger partial charge >= 0.3 is 0 Å². The van der Waals surface area contributed by atoms with Gasteiger partial charge in [0.25, 0.3) is 0 Å². The summed E-state index contributed by atoms with van der Waals surface area (Å²) in [5.74, 6) is 0.273. The summed E-state index contributed by atoms with van der Waals surface area (Å²) in [5, 5.41) is 5.59. The predicted octanol–water partition coefficient (Wildman–Crippen LogP) is 1.41. The van der Waals surface area contributed by atoms with E-state index in [1.165, 1.54) is 0 Å². The Morgan fingerprint density at radius 2 is 2.14 bits per heavy atom. The van der Waals surface area contributed by atoms with Crippen LogP contribution >= 0.6 is 0 Å². The number of rotatable bonds is 3. The molecular weight excluding hydrogens is 288 g/mol. The third kappa shape index (κ3) is 2.70. The highest BCUT2D eigenvalue weighted by atomic mass is 32.2. The summed E-state index contributed by atoms with van der Waals surface area (Å²) in [4.78, 5) is 11.4. The number of amides is 1. The summed E-state index contributed by atoms with van der Waals surface area (Å²) >= 11 is 0. The van der Waals surface area contributed by atoms with Crippen LogP contribution < -0.4 is 10.6 Å². The summed E-state index contributed by atoms with van der Waals surface area (Å²) in [6, 6.07) is 5.53. The molecule has 0 aromatic heterocycles. The van der Waals surface area contributed by atoms with Crippen LogP contribution in [0.5, 0.6) is 0 Å². The van der Waals surface area contributed by atoms with Gasteiger partial charge in [0.1, 0.15) is 0 Å². The van der Waals surface area contributed by atoms with Gasteiger partial charge in [0, 0.05) is 11.7 Å². The van der Waals surface area contributed by atoms with Crippen LogP contribution in [0.15, 0.2) is 18.2 Å². The van der Waals surface area contributed by atoms with Crippen molar-refractivity contribution in [2.45, 2.75) is 37.0 Å². The average Bonchev–Trinajstić information content (AvgIpc) is 2.80. The minimum absolute atomic E-state index is 0.00607. The van der Waals surface area contributed by atoms with E-state index in [1.54, 1.807) is 7.05 Å². The molecule has 2 unspecified atom stereocenters. The second kappa shape index (κ2) is 5.42. The smallest absolute Gasteiger partial charge is 0.228 e. The van der Waals surface area contributed by atoms with E-state index in [-0.39, 0.29) is 23.0 Å². The fraction of sp³-hybridized carbons (Fsp3) is 0.533. The van der Waals surface area contributed by atoms with Crippen LogP contribution in [0.2, 0.25) is 0 Å². The minimum atomic E-state index is -3.05. The van der Waals surface area contributed by atoms with Crippen LogP contribution in [-0.4, -0.2) is 32.4 Å². The van der Waals surface area contributed by atoms with Gasteiger partial charge < -0.3 is 10.6 Å². The maximum Gasteiger partial charge on any atom is 0.228 e. The van der Waals surface area contributed by atoms with Crippen molar-refractivity contribution < 1.29 is 13.2 Å². The molecule has 114 valence electrons. The quantitative estimate of drug-likeness (QED) is 0.885. The third-order valence-electron chi connectivity index (χ3n) is 4.43. The van der Waals surface area contributed by atoms with Crippen LogP contribution in [-0.2, 0) is 21.1 Å². The molecule has 0 bridgehead atoms. The van der Waals surface area contributed by atoms with E-state index < -0.39 is 9.84 Å². The molecule has 3 rings (SSSR count). The molecule has 1 fully saturated rings. The Hall–Kier alpha value is -1.40. The normalized spacial score (nSPS) is 25.2. The Balaban J connectivity index is 1.94. The predicted molar refractivity (Wildman–Crippen MR) is 82.0 cm³/mol. The molecule has 6 heteroatoms. The van der Waals surface area contributed by atoms with Crippen molar-refractivity contribution in [3.8, 4) is 0 Å². The highest BCUT2D eigenvalue weighted by Crippen LogP contribution is 2.33. The van der Waals surface area contributed by atoms with E-state index in [4.69, 9.17) is 0 Å². The minimum Gasteiger partial charge on any atom is -0.326 e. The van der Waals surface area contributed by atoms with Gasteiger partial charge in [0.05, 0.1) is 17.4 Å². The van der Waals surface area contributed by atoms with E-state index in [1.807, 2.05) is 18.2 Å². The monoisotopic (exact) mass is 308 g/mol. The summed E-state index contributed by atoms with van der Waals surface area (Å²) in [6.45, 7) is 0. The number of nitrogens with one attached hydrogen (secondary N) is 2. The van der Waals surface area contributed by atoms with Crippen LogP contribution in [0.4, 0.5) is 5.69 Å². The molecule has 2 heterocycles. The topological polar surface area (TPSA) is 75.3 Å². The van der Waals surface area contributed by atoms with Gasteiger partial charge in [0.15, 0.2) is 9.84 Å². The second-order valence-electron chi connectivity index (χ2n) is 5.81. The van der Waals surface area contributed by atoms with Gasteiger partial charge in [-0.2, -0.15) is 0 Å². The van der Waals surface area contributed by atoms with E-state index in [9.17, 15) is 13.2 Å². The van der Waals surface area contributed by atoms with Gasteiger partial charge in [-0.3, -0.25) is 4.79 Å². The lowest BCUT2D eigenvalue weighted by Crippen LogP contribution is -2.39. The second-order valence-corrected chi connectivity index (χ2v) is 8.15. The van der Waals surface area contributed by atoms with Crippen molar-refractivity contribution >= 4 is 21.4 Å². The molecule has 1 saturated heterocycles. The van der Waals surface area contributed by atoms with Gasteiger partial charge in [-0.25, -0.2) is 8.42 Å². The average molecular weight is 308 g/mol. The van der Waals surface area contributed by atoms with Crippen molar-refractivity contribution in [1.29, 1.82) is 0 Å². The molecule has 0 saturated carbocycles. The third-order valence-corrected chi connectivity index (χ3v) is 6.71. The zero-order valence-corrected chi connectivity index (χ0v) is 12.9. The number of hydrogen-bond donors (Lipinski definition) is 2. The Morgan fingerprint density at radius 3 is 2.86 bits per heavy atom. The Morgan fingerprint density at radius 1 is 1.33 bits per heavy atom. The van der Waals surface area contributed by atoms with Crippen LogP contribution in [0, 0.1) is 0 Å². The standard InChI is InChI=1S/C15H20N2O3S/c1-16-15(13-4-2-3-7-21(13,19)20)10-5-6-12-11(8-10)9-14(18)17-12/h5-6,8,13,15-16H,2-4,7,9H2,1H3,(H,17,18). The fourth-order valence-electron chi connectivity index (χ4n) is 3.36. The maximum atomic E-state index is 12.3. The number of sulfone groups is 1. The molecule has 1 amide bonds. The van der Waals surface area contributed by atoms with Gasteiger partial charge in [-0.15, -0.1) is 0 Å². The fourth-order valence-corrected chi connectivity index (χ4v) is 5.51. The largest absolute Gasteiger partial charge is 0.326 e. The molecule has 2 N–H and O–H groups in total. The van der Waals surface area contributed by atoms with Crippen molar-refractivity contribution in [2.24, 2.45) is 0 Å². The van der Waals surface area contributed by atoms with Crippen molar-refractivity contribution in [3.05, 3.63) is 29.3 Å². The lowest BCUT2D eigenvalue weighted by molar-refractivity contribution is -0.115. The Bertz CT molecular complexity index is 669. The van der Waals surface area contributed by atoms with E-state index >= 15 is 0 Å². The summed E-state index contributed by atoms with van der Waals surface area (Å²) < 4.78 is 24.7. The maximum absolute atomic E-state index is 12.3. The van der Waals surface area contributed by atoms with Gasteiger partial charge in [-0.1, -0.05) is 18.6 Å². The molecule has 1 aromatic carbocycles. The molecule has 5 nitrogen and oxygen atoms in total. The zero-order chi connectivity index (χ0) is 15.0. The Kier molecular flexibility index (Phi) is 3.75. The highest BCUT2D eigenvalue weighted by Gasteiger charge is 2.36. The molecule has 2 aliphatic rings. The SMILES string of the molecule is CNC(c1ccc2c(c1)CC(=O)N2)C1CCCCS1(=O)=O. The molecule has 1 aromatic rings. The molecular formula is C15H20N2O3S. The summed E-state index contributed by atoms with van der Waals surface area (Å²) in [6.07, 6.45) is 2.78. The summed E-state index contributed by atoms with van der Waals surface area (Å²) in [7, 11) is -1.26. The van der Waals surface area contributed by atoms with Gasteiger partial charge in [0.2, 0.25) is 5.91 Å². The van der Waals surface area contributed by atoms with Crippen LogP contribution in [0.1, 0.15) is 36.4 Å². The van der Waals surface area contributed by atoms with Crippen LogP contribution in [0.3, 0.4) is 0 Å². The van der Waals surface area contributed by atoms with E-state index in [0.717, 1.165) is 29.7 Å². The first kappa shape index (κ1) is 14.5. The molecule has 21 heavy (non-hydrogen) atoms. The summed E-state index contributed by atoms with van der Waals surface area (Å²) in [5.41, 5.74) is 2.74. The number of carbonyl (C=O) groups excluding carboxylic acids is 1. The number of hydrogen-bond acceptors (Lipinski definition) is 4. The van der Waals surface area contributed by atoms with E-state index in [0.29, 0.717) is 12.8 Å². The number of benzene rings is 1. The first-order valence-corrected chi connectivity index (χ1v) is 9.04. The Labute approximate surface area is 125 Å². The molecule has 0 aliphatic carbocycles. The number of fused-ring (bicyclic) bond motifs is 1. The molecule has 2 aliphatic heterocycles. The number of carbonyl (C=O) groups is 1. The first-order valence-electron chi connectivity index (χ1n) is 7.33. The van der Waals surface area contributed by atoms with Crippen molar-refractivity contribution in [3.63, 3.8) is 0 Å². The molecule has 0 spiro atoms. The van der Waals surface area contributed by atoms with Gasteiger partial charge in [-0.05, 0) is 37.1 Å². The first-order chi connectivity index (χ1) is 10.0. The number of anilines is 1.